The number of rotatable bonds is 1. The summed E-state index contributed by atoms with van der Waals surface area (Å²) in [5, 5.41) is 0. The number of nitrogens with zero attached hydrogens (tertiary/aromatic N) is 1. The fourth-order valence-corrected chi connectivity index (χ4v) is 1.92. The molecule has 0 radical (unpaired) electrons. The van der Waals surface area contributed by atoms with Gasteiger partial charge in [0, 0.05) is 11.7 Å². The molecule has 0 N–H and O–H groups in total. The number of hydrogen-bond donors (Lipinski definition) is 0. The molecule has 2 aliphatic rings. The molecule has 2 aliphatic heterocycles. The summed E-state index contributed by atoms with van der Waals surface area (Å²) in [6.45, 7) is 8.30. The van der Waals surface area contributed by atoms with Crippen LogP contribution in [0.3, 0.4) is 0 Å². The highest BCUT2D eigenvalue weighted by Crippen LogP contribution is 2.37. The van der Waals surface area contributed by atoms with E-state index < -0.39 is 7.12 Å². The van der Waals surface area contributed by atoms with E-state index in [1.807, 2.05) is 33.8 Å². The third-order valence-corrected chi connectivity index (χ3v) is 3.77. The molecule has 0 amide bonds. The van der Waals surface area contributed by atoms with Crippen LogP contribution in [-0.4, -0.2) is 30.1 Å². The zero-order valence-electron chi connectivity index (χ0n) is 11.0. The summed E-state index contributed by atoms with van der Waals surface area (Å²) in [6, 6.07) is 1.86. The van der Waals surface area contributed by atoms with Crippen molar-refractivity contribution in [3.8, 4) is 11.6 Å². The van der Waals surface area contributed by atoms with Crippen LogP contribution in [-0.2, 0) is 9.31 Å². The van der Waals surface area contributed by atoms with E-state index in [1.165, 1.54) is 0 Å². The van der Waals surface area contributed by atoms with Gasteiger partial charge in [0.2, 0.25) is 6.79 Å². The van der Waals surface area contributed by atoms with Gasteiger partial charge in [-0.3, -0.25) is 0 Å². The number of fused-ring (bicyclic) bond motifs is 1. The molecule has 0 aliphatic carbocycles. The molecule has 5 nitrogen and oxygen atoms in total. The highest BCUT2D eigenvalue weighted by molar-refractivity contribution is 6.62. The Balaban J connectivity index is 1.89. The van der Waals surface area contributed by atoms with Crippen LogP contribution in [0.2, 0.25) is 0 Å². The zero-order chi connectivity index (χ0) is 13.0. The van der Waals surface area contributed by atoms with Crippen molar-refractivity contribution in [1.29, 1.82) is 0 Å². The molecule has 1 aromatic rings. The largest absolute Gasteiger partial charge is 0.496 e. The average molecular weight is 249 g/mol. The quantitative estimate of drug-likeness (QED) is 0.698. The maximum absolute atomic E-state index is 5.95. The van der Waals surface area contributed by atoms with Crippen molar-refractivity contribution in [2.45, 2.75) is 38.9 Å². The molecule has 6 heteroatoms. The van der Waals surface area contributed by atoms with Crippen molar-refractivity contribution < 1.29 is 18.8 Å². The molecule has 1 aromatic heterocycles. The van der Waals surface area contributed by atoms with E-state index in [9.17, 15) is 0 Å². The molecule has 3 rings (SSSR count). The highest BCUT2D eigenvalue weighted by atomic mass is 16.7. The fraction of sp³-hybridized carbons (Fsp3) is 0.583. The molecular weight excluding hydrogens is 233 g/mol. The second-order valence-electron chi connectivity index (χ2n) is 5.57. The molecule has 0 bridgehead atoms. The summed E-state index contributed by atoms with van der Waals surface area (Å²) in [5.74, 6) is 1.16. The smallest absolute Gasteiger partial charge is 0.452 e. The number of pyridine rings is 1. The van der Waals surface area contributed by atoms with E-state index in [0.29, 0.717) is 11.6 Å². The van der Waals surface area contributed by atoms with E-state index in [2.05, 4.69) is 4.98 Å². The van der Waals surface area contributed by atoms with Crippen LogP contribution >= 0.6 is 0 Å². The zero-order valence-corrected chi connectivity index (χ0v) is 11.0. The van der Waals surface area contributed by atoms with Crippen LogP contribution in [0.4, 0.5) is 0 Å². The number of ether oxygens (including phenoxy) is 2. The summed E-state index contributed by atoms with van der Waals surface area (Å²) in [5.41, 5.74) is 0.139. The standard InChI is InChI=1S/C12H16BNO4/c1-11(2)12(3,4)18-13(17-11)8-5-9-10(14-6-8)16-7-15-9/h5-6H,7H2,1-4H3. The first-order valence-corrected chi connectivity index (χ1v) is 6.00. The molecule has 1 saturated heterocycles. The van der Waals surface area contributed by atoms with Crippen LogP contribution in [0.1, 0.15) is 27.7 Å². The molecule has 0 saturated carbocycles. The first-order chi connectivity index (χ1) is 8.39. The molecule has 1 fully saturated rings. The van der Waals surface area contributed by atoms with Crippen molar-refractivity contribution in [1.82, 2.24) is 4.98 Å². The van der Waals surface area contributed by atoms with Crippen LogP contribution in [0, 0.1) is 0 Å². The van der Waals surface area contributed by atoms with Gasteiger partial charge in [-0.2, -0.15) is 0 Å². The lowest BCUT2D eigenvalue weighted by atomic mass is 9.80. The van der Waals surface area contributed by atoms with E-state index in [1.54, 1.807) is 6.20 Å². The Morgan fingerprint density at radius 2 is 1.78 bits per heavy atom. The maximum Gasteiger partial charge on any atom is 0.496 e. The summed E-state index contributed by atoms with van der Waals surface area (Å²) >= 11 is 0. The SMILES string of the molecule is CC1(C)OB(c2cnc3c(c2)OCO3)OC1(C)C. The lowest BCUT2D eigenvalue weighted by molar-refractivity contribution is 0.00578. The van der Waals surface area contributed by atoms with Gasteiger partial charge >= 0.3 is 7.12 Å². The van der Waals surface area contributed by atoms with Gasteiger partial charge in [-0.1, -0.05) is 0 Å². The Morgan fingerprint density at radius 1 is 1.11 bits per heavy atom. The molecule has 0 spiro atoms. The van der Waals surface area contributed by atoms with Gasteiger partial charge in [0.05, 0.1) is 11.2 Å². The minimum absolute atomic E-state index is 0.217. The van der Waals surface area contributed by atoms with Crippen molar-refractivity contribution in [2.24, 2.45) is 0 Å². The van der Waals surface area contributed by atoms with E-state index in [0.717, 1.165) is 5.46 Å². The Hall–Kier alpha value is -1.27. The monoisotopic (exact) mass is 249 g/mol. The Kier molecular flexibility index (Phi) is 2.37. The molecule has 96 valence electrons. The third kappa shape index (κ3) is 1.68. The molecular formula is C12H16BNO4. The van der Waals surface area contributed by atoms with Crippen LogP contribution in [0.25, 0.3) is 0 Å². The number of aromatic nitrogens is 1. The fourth-order valence-electron chi connectivity index (χ4n) is 1.92. The first kappa shape index (κ1) is 11.8. The van der Waals surface area contributed by atoms with Crippen molar-refractivity contribution in [2.75, 3.05) is 6.79 Å². The van der Waals surface area contributed by atoms with Crippen molar-refractivity contribution in [3.05, 3.63) is 12.3 Å². The molecule has 18 heavy (non-hydrogen) atoms. The summed E-state index contributed by atoms with van der Waals surface area (Å²) in [7, 11) is -0.419. The lowest BCUT2D eigenvalue weighted by Gasteiger charge is -2.32. The van der Waals surface area contributed by atoms with Crippen LogP contribution in [0.5, 0.6) is 11.6 Å². The van der Waals surface area contributed by atoms with Gasteiger partial charge in [0.15, 0.2) is 5.75 Å². The van der Waals surface area contributed by atoms with Gasteiger partial charge in [-0.25, -0.2) is 4.98 Å². The molecule has 0 atom stereocenters. The normalized spacial score (nSPS) is 23.4. The van der Waals surface area contributed by atoms with E-state index >= 15 is 0 Å². The second kappa shape index (κ2) is 3.62. The predicted octanol–water partition coefficient (Wildman–Crippen LogP) is 1.11. The second-order valence-corrected chi connectivity index (χ2v) is 5.57. The van der Waals surface area contributed by atoms with Gasteiger partial charge in [0.25, 0.3) is 5.88 Å². The van der Waals surface area contributed by atoms with Gasteiger partial charge in [-0.05, 0) is 33.8 Å². The Morgan fingerprint density at radius 3 is 2.44 bits per heavy atom. The summed E-state index contributed by atoms with van der Waals surface area (Å²) < 4.78 is 22.4. The van der Waals surface area contributed by atoms with Gasteiger partial charge < -0.3 is 18.8 Å². The van der Waals surface area contributed by atoms with Gasteiger partial charge in [-0.15, -0.1) is 0 Å². The number of hydrogen-bond acceptors (Lipinski definition) is 5. The predicted molar refractivity (Wildman–Crippen MR) is 66.1 cm³/mol. The minimum Gasteiger partial charge on any atom is -0.452 e. The molecule has 0 aromatic carbocycles. The lowest BCUT2D eigenvalue weighted by Crippen LogP contribution is -2.41. The average Bonchev–Trinajstić information content (AvgIpc) is 2.80. The van der Waals surface area contributed by atoms with Gasteiger partial charge in [0.1, 0.15) is 0 Å². The highest BCUT2D eigenvalue weighted by Gasteiger charge is 2.52. The Labute approximate surface area is 107 Å². The minimum atomic E-state index is -0.419. The molecule has 3 heterocycles. The van der Waals surface area contributed by atoms with E-state index in [4.69, 9.17) is 18.8 Å². The van der Waals surface area contributed by atoms with Crippen molar-refractivity contribution in [3.63, 3.8) is 0 Å². The molecule has 0 unspecified atom stereocenters. The summed E-state index contributed by atoms with van der Waals surface area (Å²) in [4.78, 5) is 4.19. The summed E-state index contributed by atoms with van der Waals surface area (Å²) in [6.07, 6.45) is 1.70. The topological polar surface area (TPSA) is 49.8 Å². The third-order valence-electron chi connectivity index (χ3n) is 3.77. The van der Waals surface area contributed by atoms with E-state index in [-0.39, 0.29) is 18.0 Å². The first-order valence-electron chi connectivity index (χ1n) is 6.00. The van der Waals surface area contributed by atoms with Crippen LogP contribution < -0.4 is 14.9 Å². The maximum atomic E-state index is 5.95. The Bertz CT molecular complexity index is 473. The van der Waals surface area contributed by atoms with Crippen LogP contribution in [0.15, 0.2) is 12.3 Å². The van der Waals surface area contributed by atoms with Crippen molar-refractivity contribution >= 4 is 12.6 Å².